The first kappa shape index (κ1) is 29.8. The Morgan fingerprint density at radius 3 is 2.23 bits per heavy atom. The molecule has 212 valence electrons. The lowest BCUT2D eigenvalue weighted by molar-refractivity contribution is -0.170. The Bertz CT molecular complexity index is 1160. The summed E-state index contributed by atoms with van der Waals surface area (Å²) in [7, 11) is 3.31. The van der Waals surface area contributed by atoms with Gasteiger partial charge in [0, 0.05) is 31.7 Å². The number of carboxylic acids is 3. The second-order valence-electron chi connectivity index (χ2n) is 9.91. The fourth-order valence-corrected chi connectivity index (χ4v) is 5.40. The Kier molecular flexibility index (Phi) is 9.49. The van der Waals surface area contributed by atoms with Crippen LogP contribution in [0.5, 0.6) is 11.5 Å². The Hall–Kier alpha value is -3.74. The number of aliphatic carboxylic acids is 3. The van der Waals surface area contributed by atoms with Crippen LogP contribution in [0.1, 0.15) is 36.9 Å². The zero-order valence-corrected chi connectivity index (χ0v) is 21.8. The molecule has 2 aliphatic rings. The molecule has 12 heteroatoms. The van der Waals surface area contributed by atoms with Crippen LogP contribution >= 0.6 is 0 Å². The van der Waals surface area contributed by atoms with Crippen molar-refractivity contribution in [1.82, 2.24) is 9.88 Å². The number of carboxylic acid groups (broad SMARTS) is 3. The van der Waals surface area contributed by atoms with Crippen LogP contribution in [0.4, 0.5) is 0 Å². The van der Waals surface area contributed by atoms with Crippen LogP contribution in [-0.4, -0.2) is 86.2 Å². The first-order valence-electron chi connectivity index (χ1n) is 12.4. The lowest BCUT2D eigenvalue weighted by atomic mass is 9.85. The highest BCUT2D eigenvalue weighted by Gasteiger charge is 2.53. The highest BCUT2D eigenvalue weighted by molar-refractivity contribution is 5.88. The number of methoxy groups -OCH3 is 2. The minimum atomic E-state index is -2.74. The number of aromatic nitrogens is 1. The van der Waals surface area contributed by atoms with Crippen molar-refractivity contribution in [2.45, 2.75) is 43.4 Å². The van der Waals surface area contributed by atoms with Crippen molar-refractivity contribution >= 4 is 17.9 Å². The average molecular weight is 547 g/mol. The highest BCUT2D eigenvalue weighted by Crippen LogP contribution is 2.50. The number of carbonyl (C=O) groups is 3. The summed E-state index contributed by atoms with van der Waals surface area (Å²) < 4.78 is 10.7. The summed E-state index contributed by atoms with van der Waals surface area (Å²) in [4.78, 5) is 37.4. The van der Waals surface area contributed by atoms with E-state index in [1.165, 1.54) is 5.56 Å². The number of fused-ring (bicyclic) bond motifs is 1. The Balaban J connectivity index is 0.000000276. The Morgan fingerprint density at radius 1 is 1.03 bits per heavy atom. The van der Waals surface area contributed by atoms with Gasteiger partial charge in [-0.3, -0.25) is 19.5 Å². The highest BCUT2D eigenvalue weighted by atomic mass is 16.5. The summed E-state index contributed by atoms with van der Waals surface area (Å²) in [5.74, 6) is -2.73. The fourth-order valence-electron chi connectivity index (χ4n) is 5.40. The van der Waals surface area contributed by atoms with Gasteiger partial charge in [0.05, 0.1) is 32.8 Å². The largest absolute Gasteiger partial charge is 0.493 e. The molecule has 1 aromatic carbocycles. The topological polar surface area (TPSA) is 187 Å². The van der Waals surface area contributed by atoms with Gasteiger partial charge in [0.1, 0.15) is 5.60 Å². The van der Waals surface area contributed by atoms with Gasteiger partial charge in [-0.1, -0.05) is 12.1 Å². The van der Waals surface area contributed by atoms with E-state index in [1.807, 2.05) is 30.3 Å². The molecule has 1 aromatic heterocycles. The molecule has 39 heavy (non-hydrogen) atoms. The molecule has 1 saturated carbocycles. The molecule has 0 spiro atoms. The predicted molar refractivity (Wildman–Crippen MR) is 136 cm³/mol. The Labute approximate surface area is 225 Å². The van der Waals surface area contributed by atoms with Crippen molar-refractivity contribution in [1.29, 1.82) is 0 Å². The molecule has 2 fully saturated rings. The van der Waals surface area contributed by atoms with Gasteiger partial charge < -0.3 is 35.0 Å². The van der Waals surface area contributed by atoms with E-state index in [2.05, 4.69) is 16.0 Å². The van der Waals surface area contributed by atoms with Gasteiger partial charge in [-0.15, -0.1) is 0 Å². The third-order valence-electron chi connectivity index (χ3n) is 7.27. The quantitative estimate of drug-likeness (QED) is 0.290. The van der Waals surface area contributed by atoms with Gasteiger partial charge >= 0.3 is 17.9 Å². The van der Waals surface area contributed by atoms with E-state index >= 15 is 0 Å². The molecule has 3 atom stereocenters. The number of nitrogens with zero attached hydrogens (tertiary/aromatic N) is 2. The molecule has 1 aliphatic carbocycles. The lowest BCUT2D eigenvalue weighted by Crippen LogP contribution is -2.42. The number of ether oxygens (including phenoxy) is 2. The monoisotopic (exact) mass is 546 g/mol. The van der Waals surface area contributed by atoms with E-state index in [1.54, 1.807) is 20.4 Å². The van der Waals surface area contributed by atoms with Crippen LogP contribution in [0.25, 0.3) is 0 Å². The number of rotatable bonds is 10. The van der Waals surface area contributed by atoms with Crippen LogP contribution in [0.15, 0.2) is 42.6 Å². The van der Waals surface area contributed by atoms with E-state index in [9.17, 15) is 19.5 Å². The minimum Gasteiger partial charge on any atom is -0.493 e. The number of benzene rings is 1. The summed E-state index contributed by atoms with van der Waals surface area (Å²) >= 11 is 0. The standard InChI is InChI=1S/C21H26N2O3.C6H8O7/c1-25-18-7-6-15(11-19(18)26-2)12-23-13-16-8-9-21(24,17(16)14-23)20-5-3-4-10-22-20;7-3(8)1-6(13,5(11)12)2-4(9)10/h3-7,10-11,16-17,24H,8-9,12-14H2,1-2H3;13H,1-2H2,(H,7,8)(H,9,10)(H,11,12)/t16-,17+,21-;/m0./s1. The third-order valence-corrected chi connectivity index (χ3v) is 7.27. The van der Waals surface area contributed by atoms with Crippen LogP contribution in [0.3, 0.4) is 0 Å². The smallest absolute Gasteiger partial charge is 0.336 e. The van der Waals surface area contributed by atoms with Crippen LogP contribution in [-0.2, 0) is 26.5 Å². The van der Waals surface area contributed by atoms with E-state index in [4.69, 9.17) is 29.9 Å². The van der Waals surface area contributed by atoms with Crippen molar-refractivity contribution in [3.05, 3.63) is 53.9 Å². The number of pyridine rings is 1. The number of aliphatic hydroxyl groups is 2. The molecule has 1 aliphatic heterocycles. The van der Waals surface area contributed by atoms with E-state index < -0.39 is 42.0 Å². The molecular weight excluding hydrogens is 512 g/mol. The third kappa shape index (κ3) is 7.02. The van der Waals surface area contributed by atoms with Crippen molar-refractivity contribution in [2.75, 3.05) is 27.3 Å². The summed E-state index contributed by atoms with van der Waals surface area (Å²) in [6.45, 7) is 2.77. The molecule has 12 nitrogen and oxygen atoms in total. The second kappa shape index (κ2) is 12.4. The van der Waals surface area contributed by atoms with Crippen LogP contribution < -0.4 is 9.47 Å². The molecule has 5 N–H and O–H groups in total. The van der Waals surface area contributed by atoms with Gasteiger partial charge in [-0.2, -0.15) is 0 Å². The fraction of sp³-hybridized carbons (Fsp3) is 0.481. The minimum absolute atomic E-state index is 0.248. The van der Waals surface area contributed by atoms with Gasteiger partial charge in [0.15, 0.2) is 17.1 Å². The molecule has 2 aromatic rings. The summed E-state index contributed by atoms with van der Waals surface area (Å²) in [5.41, 5.74) is -1.51. The number of likely N-dealkylation sites (tertiary alicyclic amines) is 1. The van der Waals surface area contributed by atoms with Gasteiger partial charge in [-0.25, -0.2) is 4.79 Å². The molecule has 4 rings (SSSR count). The average Bonchev–Trinajstić information content (AvgIpc) is 3.43. The van der Waals surface area contributed by atoms with E-state index in [0.29, 0.717) is 5.92 Å². The van der Waals surface area contributed by atoms with Gasteiger partial charge in [0.2, 0.25) is 0 Å². The summed E-state index contributed by atoms with van der Waals surface area (Å²) in [5, 5.41) is 45.2. The molecule has 2 heterocycles. The van der Waals surface area contributed by atoms with Crippen LogP contribution in [0, 0.1) is 11.8 Å². The normalized spacial score (nSPS) is 22.4. The number of hydrogen-bond donors (Lipinski definition) is 5. The SMILES string of the molecule is COc1ccc(CN2C[C@@H]3CC[C@@](O)(c4ccccn4)[C@@H]3C2)cc1OC.O=C(O)CC(O)(CC(=O)O)C(=O)O. The van der Waals surface area contributed by atoms with E-state index in [-0.39, 0.29) is 5.92 Å². The van der Waals surface area contributed by atoms with Crippen molar-refractivity contribution < 1.29 is 49.4 Å². The number of hydrogen-bond acceptors (Lipinski definition) is 9. The molecule has 0 radical (unpaired) electrons. The van der Waals surface area contributed by atoms with Gasteiger partial charge in [0.25, 0.3) is 0 Å². The summed E-state index contributed by atoms with van der Waals surface area (Å²) in [6.07, 6.45) is 1.35. The van der Waals surface area contributed by atoms with Gasteiger partial charge in [-0.05, 0) is 48.6 Å². The van der Waals surface area contributed by atoms with Crippen molar-refractivity contribution in [3.63, 3.8) is 0 Å². The maximum Gasteiger partial charge on any atom is 0.336 e. The first-order valence-corrected chi connectivity index (χ1v) is 12.4. The maximum absolute atomic E-state index is 11.3. The molecule has 0 unspecified atom stereocenters. The molecule has 0 amide bonds. The molecule has 1 saturated heterocycles. The zero-order chi connectivity index (χ0) is 28.8. The first-order chi connectivity index (χ1) is 18.4. The van der Waals surface area contributed by atoms with Crippen molar-refractivity contribution in [3.8, 4) is 11.5 Å². The molecular formula is C27H34N2O10. The van der Waals surface area contributed by atoms with Crippen LogP contribution in [0.2, 0.25) is 0 Å². The lowest BCUT2D eigenvalue weighted by Gasteiger charge is -2.29. The van der Waals surface area contributed by atoms with Crippen molar-refractivity contribution in [2.24, 2.45) is 11.8 Å². The predicted octanol–water partition coefficient (Wildman–Crippen LogP) is 1.58. The molecule has 0 bridgehead atoms. The maximum atomic E-state index is 11.3. The second-order valence-corrected chi connectivity index (χ2v) is 9.91. The zero-order valence-electron chi connectivity index (χ0n) is 21.8. The summed E-state index contributed by atoms with van der Waals surface area (Å²) in [6, 6.07) is 11.9. The Morgan fingerprint density at radius 2 is 1.69 bits per heavy atom. The van der Waals surface area contributed by atoms with E-state index in [0.717, 1.165) is 49.7 Å².